The minimum absolute atomic E-state index is 0.218. The average Bonchev–Trinajstić information content (AvgIpc) is 2.07. The molecule has 0 aliphatic heterocycles. The van der Waals surface area contributed by atoms with E-state index in [1.807, 2.05) is 13.8 Å². The van der Waals surface area contributed by atoms with Crippen molar-refractivity contribution in [2.24, 2.45) is 5.92 Å². The van der Waals surface area contributed by atoms with Gasteiger partial charge in [-0.15, -0.1) is 0 Å². The Hall–Kier alpha value is -0.890. The molecular formula is C14H21FO. The van der Waals surface area contributed by atoms with Gasteiger partial charge in [0.2, 0.25) is 0 Å². The van der Waals surface area contributed by atoms with E-state index in [0.29, 0.717) is 12.3 Å². The molecule has 0 bridgehead atoms. The molecule has 2 heteroatoms. The Bertz CT molecular complexity index is 356. The first-order chi connectivity index (χ1) is 7.30. The largest absolute Gasteiger partial charge is 0.390 e. The molecule has 0 fully saturated rings. The second-order valence-electron chi connectivity index (χ2n) is 5.34. The Balaban J connectivity index is 2.79. The van der Waals surface area contributed by atoms with Crippen LogP contribution in [0, 0.1) is 18.7 Å². The van der Waals surface area contributed by atoms with Gasteiger partial charge in [-0.2, -0.15) is 0 Å². The third kappa shape index (κ3) is 3.93. The van der Waals surface area contributed by atoms with Crippen LogP contribution in [-0.4, -0.2) is 10.7 Å². The highest BCUT2D eigenvalue weighted by Gasteiger charge is 2.23. The minimum Gasteiger partial charge on any atom is -0.390 e. The van der Waals surface area contributed by atoms with E-state index < -0.39 is 5.60 Å². The quantitative estimate of drug-likeness (QED) is 0.830. The first-order valence-electron chi connectivity index (χ1n) is 5.77. The summed E-state index contributed by atoms with van der Waals surface area (Å²) in [5, 5.41) is 10.2. The lowest BCUT2D eigenvalue weighted by molar-refractivity contribution is 0.0386. The molecule has 1 rings (SSSR count). The van der Waals surface area contributed by atoms with E-state index in [4.69, 9.17) is 0 Å². The molecule has 0 amide bonds. The zero-order valence-electron chi connectivity index (χ0n) is 10.5. The molecule has 0 radical (unpaired) electrons. The molecule has 1 aromatic rings. The molecule has 1 nitrogen and oxygen atoms in total. The molecule has 0 heterocycles. The minimum atomic E-state index is -0.712. The van der Waals surface area contributed by atoms with Crippen molar-refractivity contribution in [3.63, 3.8) is 0 Å². The van der Waals surface area contributed by atoms with Crippen molar-refractivity contribution in [2.75, 3.05) is 0 Å². The van der Waals surface area contributed by atoms with Crippen molar-refractivity contribution in [3.8, 4) is 0 Å². The molecule has 1 aromatic carbocycles. The first-order valence-corrected chi connectivity index (χ1v) is 5.77. The summed E-state index contributed by atoms with van der Waals surface area (Å²) in [6.07, 6.45) is 1.33. The topological polar surface area (TPSA) is 20.2 Å². The molecule has 0 saturated heterocycles. The fourth-order valence-corrected chi connectivity index (χ4v) is 2.22. The first kappa shape index (κ1) is 13.2. The molecule has 0 aromatic heterocycles. The molecule has 1 atom stereocenters. The number of hydrogen-bond acceptors (Lipinski definition) is 1. The lowest BCUT2D eigenvalue weighted by Crippen LogP contribution is -2.29. The Morgan fingerprint density at radius 2 is 2.00 bits per heavy atom. The standard InChI is InChI=1S/C14H21FO/c1-10(2)8-14(4,16)9-12-5-6-13(15)7-11(12)3/h5-7,10,16H,8-9H2,1-4H3. The third-order valence-corrected chi connectivity index (χ3v) is 2.72. The van der Waals surface area contributed by atoms with E-state index in [2.05, 4.69) is 13.8 Å². The lowest BCUT2D eigenvalue weighted by Gasteiger charge is -2.26. The second kappa shape index (κ2) is 4.96. The van der Waals surface area contributed by atoms with Crippen molar-refractivity contribution in [1.29, 1.82) is 0 Å². The number of benzene rings is 1. The molecule has 0 spiro atoms. The van der Waals surface area contributed by atoms with Gasteiger partial charge in [0, 0.05) is 6.42 Å². The highest BCUT2D eigenvalue weighted by Crippen LogP contribution is 2.23. The second-order valence-corrected chi connectivity index (χ2v) is 5.34. The maximum absolute atomic E-state index is 12.9. The van der Waals surface area contributed by atoms with Gasteiger partial charge in [-0.25, -0.2) is 4.39 Å². The van der Waals surface area contributed by atoms with Crippen LogP contribution in [0.1, 0.15) is 38.3 Å². The highest BCUT2D eigenvalue weighted by molar-refractivity contribution is 5.27. The number of hydrogen-bond donors (Lipinski definition) is 1. The molecule has 1 unspecified atom stereocenters. The zero-order chi connectivity index (χ0) is 12.3. The van der Waals surface area contributed by atoms with Gasteiger partial charge >= 0.3 is 0 Å². The van der Waals surface area contributed by atoms with Crippen molar-refractivity contribution < 1.29 is 9.50 Å². The Labute approximate surface area is 97.3 Å². The van der Waals surface area contributed by atoms with E-state index in [0.717, 1.165) is 17.5 Å². The van der Waals surface area contributed by atoms with Crippen LogP contribution in [0.5, 0.6) is 0 Å². The predicted molar refractivity (Wildman–Crippen MR) is 64.9 cm³/mol. The van der Waals surface area contributed by atoms with Crippen LogP contribution < -0.4 is 0 Å². The summed E-state index contributed by atoms with van der Waals surface area (Å²) in [6, 6.07) is 4.73. The van der Waals surface area contributed by atoms with E-state index >= 15 is 0 Å². The van der Waals surface area contributed by atoms with Crippen LogP contribution in [-0.2, 0) is 6.42 Å². The molecule has 0 saturated carbocycles. The van der Waals surface area contributed by atoms with E-state index in [-0.39, 0.29) is 5.82 Å². The summed E-state index contributed by atoms with van der Waals surface area (Å²) in [6.45, 7) is 7.90. The summed E-state index contributed by atoms with van der Waals surface area (Å²) in [5.41, 5.74) is 1.22. The summed E-state index contributed by atoms with van der Waals surface area (Å²) < 4.78 is 12.9. The van der Waals surface area contributed by atoms with Crippen molar-refractivity contribution in [2.45, 2.75) is 46.1 Å². The van der Waals surface area contributed by atoms with Crippen molar-refractivity contribution >= 4 is 0 Å². The molecular weight excluding hydrogens is 203 g/mol. The fraction of sp³-hybridized carbons (Fsp3) is 0.571. The van der Waals surface area contributed by atoms with Crippen molar-refractivity contribution in [1.82, 2.24) is 0 Å². The molecule has 0 aliphatic carbocycles. The summed E-state index contributed by atoms with van der Waals surface area (Å²) in [4.78, 5) is 0. The number of aryl methyl sites for hydroxylation is 1. The Morgan fingerprint density at radius 3 is 2.50 bits per heavy atom. The normalized spacial score (nSPS) is 15.2. The van der Waals surface area contributed by atoms with Gasteiger partial charge < -0.3 is 5.11 Å². The molecule has 16 heavy (non-hydrogen) atoms. The summed E-state index contributed by atoms with van der Waals surface area (Å²) in [5.74, 6) is 0.237. The van der Waals surface area contributed by atoms with E-state index in [9.17, 15) is 9.50 Å². The van der Waals surface area contributed by atoms with Crippen LogP contribution >= 0.6 is 0 Å². The number of aliphatic hydroxyl groups is 1. The van der Waals surface area contributed by atoms with Crippen LogP contribution in [0.2, 0.25) is 0 Å². The van der Waals surface area contributed by atoms with E-state index in [1.165, 1.54) is 12.1 Å². The molecule has 0 aliphatic rings. The molecule has 1 N–H and O–H groups in total. The van der Waals surface area contributed by atoms with Gasteiger partial charge in [0.05, 0.1) is 5.60 Å². The van der Waals surface area contributed by atoms with Crippen LogP contribution in [0.15, 0.2) is 18.2 Å². The predicted octanol–water partition coefficient (Wildman–Crippen LogP) is 3.47. The average molecular weight is 224 g/mol. The highest BCUT2D eigenvalue weighted by atomic mass is 19.1. The number of rotatable bonds is 4. The monoisotopic (exact) mass is 224 g/mol. The Kier molecular flexibility index (Phi) is 4.09. The van der Waals surface area contributed by atoms with Crippen LogP contribution in [0.25, 0.3) is 0 Å². The van der Waals surface area contributed by atoms with Crippen LogP contribution in [0.4, 0.5) is 4.39 Å². The maximum Gasteiger partial charge on any atom is 0.123 e. The maximum atomic E-state index is 12.9. The fourth-order valence-electron chi connectivity index (χ4n) is 2.22. The summed E-state index contributed by atoms with van der Waals surface area (Å²) in [7, 11) is 0. The van der Waals surface area contributed by atoms with Crippen LogP contribution in [0.3, 0.4) is 0 Å². The smallest absolute Gasteiger partial charge is 0.123 e. The third-order valence-electron chi connectivity index (χ3n) is 2.72. The SMILES string of the molecule is Cc1cc(F)ccc1CC(C)(O)CC(C)C. The van der Waals surface area contributed by atoms with Gasteiger partial charge in [0.1, 0.15) is 5.82 Å². The van der Waals surface area contributed by atoms with Gasteiger partial charge in [-0.05, 0) is 49.4 Å². The van der Waals surface area contributed by atoms with Crippen molar-refractivity contribution in [3.05, 3.63) is 35.1 Å². The van der Waals surface area contributed by atoms with E-state index in [1.54, 1.807) is 6.07 Å². The number of halogens is 1. The van der Waals surface area contributed by atoms with Gasteiger partial charge in [-0.3, -0.25) is 0 Å². The zero-order valence-corrected chi connectivity index (χ0v) is 10.5. The summed E-state index contributed by atoms with van der Waals surface area (Å²) >= 11 is 0. The molecule has 90 valence electrons. The van der Waals surface area contributed by atoms with Gasteiger partial charge in [0.25, 0.3) is 0 Å². The van der Waals surface area contributed by atoms with Gasteiger partial charge in [-0.1, -0.05) is 19.9 Å². The Morgan fingerprint density at radius 1 is 1.38 bits per heavy atom. The lowest BCUT2D eigenvalue weighted by atomic mass is 9.87. The van der Waals surface area contributed by atoms with Gasteiger partial charge in [0.15, 0.2) is 0 Å².